The van der Waals surface area contributed by atoms with E-state index in [1.807, 2.05) is 53.3 Å². The number of aromatic nitrogens is 6. The molecule has 4 heterocycles. The molecule has 0 radical (unpaired) electrons. The summed E-state index contributed by atoms with van der Waals surface area (Å²) < 4.78 is 1.90. The van der Waals surface area contributed by atoms with Gasteiger partial charge in [0.1, 0.15) is 11.4 Å². The van der Waals surface area contributed by atoms with Gasteiger partial charge in [0, 0.05) is 48.4 Å². The van der Waals surface area contributed by atoms with Gasteiger partial charge in [-0.15, -0.1) is 0 Å². The molecule has 0 bridgehead atoms. The monoisotopic (exact) mass is 511 g/mol. The Morgan fingerprint density at radius 2 is 1.59 bits per heavy atom. The van der Waals surface area contributed by atoms with Crippen LogP contribution in [0.2, 0.25) is 0 Å². The normalized spacial score (nSPS) is 14.0. The third-order valence-electron chi connectivity index (χ3n) is 7.53. The lowest BCUT2D eigenvalue weighted by atomic mass is 9.91. The molecule has 8 nitrogen and oxygen atoms in total. The van der Waals surface area contributed by atoms with E-state index < -0.39 is 0 Å². The van der Waals surface area contributed by atoms with Gasteiger partial charge >= 0.3 is 0 Å². The van der Waals surface area contributed by atoms with E-state index in [4.69, 9.17) is 5.10 Å². The molecule has 39 heavy (non-hydrogen) atoms. The van der Waals surface area contributed by atoms with Gasteiger partial charge in [-0.3, -0.25) is 14.8 Å². The van der Waals surface area contributed by atoms with Gasteiger partial charge in [-0.1, -0.05) is 42.5 Å². The molecule has 8 heteroatoms. The molecule has 190 valence electrons. The minimum atomic E-state index is -0.117. The summed E-state index contributed by atoms with van der Waals surface area (Å²) in [6.07, 6.45) is 9.32. The third kappa shape index (κ3) is 3.92. The molecule has 0 spiro atoms. The summed E-state index contributed by atoms with van der Waals surface area (Å²) in [7, 11) is 3.44. The number of hydrogen-bond acceptors (Lipinski definition) is 6. The van der Waals surface area contributed by atoms with E-state index in [0.29, 0.717) is 11.5 Å². The van der Waals surface area contributed by atoms with E-state index in [1.54, 1.807) is 32.6 Å². The fourth-order valence-electron chi connectivity index (χ4n) is 5.18. The summed E-state index contributed by atoms with van der Waals surface area (Å²) in [6.45, 7) is 0. The highest BCUT2D eigenvalue weighted by Gasteiger charge is 2.48. The molecule has 4 aromatic heterocycles. The van der Waals surface area contributed by atoms with Crippen molar-refractivity contribution in [2.75, 3.05) is 14.1 Å². The van der Waals surface area contributed by atoms with Crippen LogP contribution in [0.3, 0.4) is 0 Å². The van der Waals surface area contributed by atoms with Crippen LogP contribution in [0, 0.1) is 0 Å². The van der Waals surface area contributed by atoms with E-state index in [-0.39, 0.29) is 11.3 Å². The number of rotatable bonds is 5. The number of carbonyl (C=O) groups is 1. The van der Waals surface area contributed by atoms with Crippen molar-refractivity contribution in [1.29, 1.82) is 0 Å². The summed E-state index contributed by atoms with van der Waals surface area (Å²) in [6, 6.07) is 22.4. The summed E-state index contributed by atoms with van der Waals surface area (Å²) in [4.78, 5) is 31.6. The number of pyridine rings is 2. The number of benzene rings is 2. The Morgan fingerprint density at radius 3 is 2.33 bits per heavy atom. The minimum Gasteiger partial charge on any atom is -0.343 e. The molecule has 1 aliphatic carbocycles. The van der Waals surface area contributed by atoms with Crippen molar-refractivity contribution in [3.8, 4) is 22.4 Å². The first-order chi connectivity index (χ1) is 19.0. The van der Waals surface area contributed by atoms with Crippen LogP contribution in [0.5, 0.6) is 0 Å². The summed E-state index contributed by atoms with van der Waals surface area (Å²) >= 11 is 0. The van der Waals surface area contributed by atoms with Gasteiger partial charge in [-0.25, -0.2) is 9.97 Å². The maximum atomic E-state index is 12.1. The molecule has 1 saturated carbocycles. The Morgan fingerprint density at radius 1 is 0.821 bits per heavy atom. The molecule has 0 N–H and O–H groups in total. The van der Waals surface area contributed by atoms with Gasteiger partial charge in [0.2, 0.25) is 0 Å². The Hall–Kier alpha value is -4.98. The van der Waals surface area contributed by atoms with Crippen molar-refractivity contribution >= 4 is 22.6 Å². The second kappa shape index (κ2) is 8.80. The predicted octanol–water partition coefficient (Wildman–Crippen LogP) is 5.18. The summed E-state index contributed by atoms with van der Waals surface area (Å²) in [5.41, 5.74) is 7.31. The van der Waals surface area contributed by atoms with E-state index >= 15 is 0 Å². The zero-order valence-electron chi connectivity index (χ0n) is 21.6. The van der Waals surface area contributed by atoms with Gasteiger partial charge in [-0.05, 0) is 48.2 Å². The Labute approximate surface area is 225 Å². The van der Waals surface area contributed by atoms with Crippen molar-refractivity contribution in [3.05, 3.63) is 108 Å². The molecule has 1 aliphatic rings. The smallest absolute Gasteiger partial charge is 0.271 e. The SMILES string of the molecule is CN(C)C(=O)c1ccc(-c2ccc(-c3cnc4ncc(C5(c6ccc7ncccc7c6)CC5)n4n3)cc2)cn1. The molecule has 0 aliphatic heterocycles. The van der Waals surface area contributed by atoms with Crippen LogP contribution in [0.4, 0.5) is 0 Å². The van der Waals surface area contributed by atoms with Crippen molar-refractivity contribution < 1.29 is 4.79 Å². The molecule has 1 fully saturated rings. The van der Waals surface area contributed by atoms with Gasteiger partial charge < -0.3 is 4.90 Å². The van der Waals surface area contributed by atoms with Gasteiger partial charge in [0.15, 0.2) is 0 Å². The van der Waals surface area contributed by atoms with E-state index in [9.17, 15) is 4.79 Å². The van der Waals surface area contributed by atoms with Crippen LogP contribution in [-0.4, -0.2) is 54.5 Å². The Kier molecular flexibility index (Phi) is 5.23. The fraction of sp³-hybridized carbons (Fsp3) is 0.161. The Bertz CT molecular complexity index is 1850. The maximum Gasteiger partial charge on any atom is 0.271 e. The van der Waals surface area contributed by atoms with Crippen molar-refractivity contribution in [1.82, 2.24) is 34.4 Å². The molecule has 0 atom stereocenters. The van der Waals surface area contributed by atoms with E-state index in [1.165, 1.54) is 10.5 Å². The molecular formula is C31H25N7O. The first-order valence-corrected chi connectivity index (χ1v) is 12.9. The molecular weight excluding hydrogens is 486 g/mol. The molecule has 6 aromatic rings. The predicted molar refractivity (Wildman–Crippen MR) is 149 cm³/mol. The van der Waals surface area contributed by atoms with Gasteiger partial charge in [0.05, 0.1) is 23.6 Å². The first kappa shape index (κ1) is 23.2. The number of imidazole rings is 1. The topological polar surface area (TPSA) is 89.2 Å². The average molecular weight is 512 g/mol. The zero-order chi connectivity index (χ0) is 26.6. The molecule has 0 unspecified atom stereocenters. The quantitative estimate of drug-likeness (QED) is 0.317. The second-order valence-electron chi connectivity index (χ2n) is 10.2. The van der Waals surface area contributed by atoms with Crippen LogP contribution in [0.15, 0.2) is 91.5 Å². The summed E-state index contributed by atoms with van der Waals surface area (Å²) in [5.74, 6) is 0.480. The number of fused-ring (bicyclic) bond motifs is 2. The highest BCUT2D eigenvalue weighted by atomic mass is 16.2. The van der Waals surface area contributed by atoms with Crippen molar-refractivity contribution in [2.24, 2.45) is 0 Å². The van der Waals surface area contributed by atoms with Gasteiger partial charge in [0.25, 0.3) is 11.7 Å². The van der Waals surface area contributed by atoms with Crippen LogP contribution in [0.1, 0.15) is 34.6 Å². The van der Waals surface area contributed by atoms with Crippen LogP contribution < -0.4 is 0 Å². The molecule has 0 saturated heterocycles. The lowest BCUT2D eigenvalue weighted by Crippen LogP contribution is -2.22. The average Bonchev–Trinajstić information content (AvgIpc) is 3.68. The van der Waals surface area contributed by atoms with Crippen molar-refractivity contribution in [2.45, 2.75) is 18.3 Å². The lowest BCUT2D eigenvalue weighted by Gasteiger charge is -2.16. The van der Waals surface area contributed by atoms with Crippen LogP contribution in [-0.2, 0) is 5.41 Å². The molecule has 7 rings (SSSR count). The zero-order valence-corrected chi connectivity index (χ0v) is 21.6. The van der Waals surface area contributed by atoms with Gasteiger partial charge in [-0.2, -0.15) is 9.61 Å². The third-order valence-corrected chi connectivity index (χ3v) is 7.53. The lowest BCUT2D eigenvalue weighted by molar-refractivity contribution is 0.0822. The number of hydrogen-bond donors (Lipinski definition) is 0. The maximum absolute atomic E-state index is 12.1. The molecule has 2 aromatic carbocycles. The Balaban J connectivity index is 1.20. The highest BCUT2D eigenvalue weighted by molar-refractivity contribution is 5.92. The second-order valence-corrected chi connectivity index (χ2v) is 10.2. The number of nitrogens with zero attached hydrogens (tertiary/aromatic N) is 7. The largest absolute Gasteiger partial charge is 0.343 e. The minimum absolute atomic E-state index is 0.115. The van der Waals surface area contributed by atoms with Crippen LogP contribution in [0.25, 0.3) is 39.1 Å². The fourth-order valence-corrected chi connectivity index (χ4v) is 5.18. The first-order valence-electron chi connectivity index (χ1n) is 12.9. The van der Waals surface area contributed by atoms with E-state index in [0.717, 1.165) is 51.8 Å². The van der Waals surface area contributed by atoms with Crippen molar-refractivity contribution in [3.63, 3.8) is 0 Å². The number of carbonyl (C=O) groups excluding carboxylic acids is 1. The van der Waals surface area contributed by atoms with E-state index in [2.05, 4.69) is 44.2 Å². The standard InChI is InChI=1S/C31H25N7O/c1-37(2)29(39)26-11-9-23(17-33-26)20-5-7-21(8-6-20)27-18-34-30-35-19-28(38(30)36-27)31(13-14-31)24-10-12-25-22(16-24)4-3-15-32-25/h3-12,15-19H,13-14H2,1-2H3. The molecule has 1 amide bonds. The highest BCUT2D eigenvalue weighted by Crippen LogP contribution is 2.53. The number of amides is 1. The van der Waals surface area contributed by atoms with Crippen LogP contribution >= 0.6 is 0 Å². The summed E-state index contributed by atoms with van der Waals surface area (Å²) in [5, 5.41) is 6.11.